The second kappa shape index (κ2) is 8.58. The molecule has 0 bridgehead atoms. The van der Waals surface area contributed by atoms with Crippen molar-refractivity contribution in [1.82, 2.24) is 4.98 Å². The van der Waals surface area contributed by atoms with Gasteiger partial charge in [-0.25, -0.2) is 13.4 Å². The van der Waals surface area contributed by atoms with Crippen LogP contribution in [-0.2, 0) is 27.0 Å². The molecule has 0 aliphatic carbocycles. The van der Waals surface area contributed by atoms with Crippen LogP contribution in [0.15, 0.2) is 41.6 Å². The number of non-ortho nitro benzene ring substituents is 1. The van der Waals surface area contributed by atoms with Gasteiger partial charge in [-0.1, -0.05) is 0 Å². The lowest BCUT2D eigenvalue weighted by atomic mass is 10.1. The molecule has 9 nitrogen and oxygen atoms in total. The molecule has 1 aromatic heterocycles. The Labute approximate surface area is 181 Å². The van der Waals surface area contributed by atoms with Crippen molar-refractivity contribution < 1.29 is 49.6 Å². The average molecular weight is 501 g/mol. The van der Waals surface area contributed by atoms with Crippen molar-refractivity contribution in [3.05, 3.63) is 57.8 Å². The van der Waals surface area contributed by atoms with Crippen molar-refractivity contribution in [3.8, 4) is 0 Å². The number of alkyl halides is 6. The molecule has 0 saturated carbocycles. The molecule has 1 atom stereocenters. The maximum atomic E-state index is 13.2. The first-order valence-corrected chi connectivity index (χ1v) is 10.2. The van der Waals surface area contributed by atoms with Crippen LogP contribution in [0.4, 0.5) is 37.7 Å². The fourth-order valence-electron chi connectivity index (χ4n) is 2.51. The van der Waals surface area contributed by atoms with Crippen LogP contribution in [0.2, 0.25) is 0 Å². The van der Waals surface area contributed by atoms with Crippen LogP contribution in [0.5, 0.6) is 0 Å². The number of carbonyl (C=O) groups is 1. The van der Waals surface area contributed by atoms with Gasteiger partial charge in [0.15, 0.2) is 20.5 Å². The summed E-state index contributed by atoms with van der Waals surface area (Å²) in [4.78, 5) is 25.2. The normalized spacial score (nSPS) is 14.4. The zero-order valence-corrected chi connectivity index (χ0v) is 17.0. The van der Waals surface area contributed by atoms with Crippen molar-refractivity contribution in [2.75, 3.05) is 11.1 Å². The number of nitro groups is 1. The van der Waals surface area contributed by atoms with E-state index in [1.807, 2.05) is 0 Å². The van der Waals surface area contributed by atoms with Gasteiger partial charge in [-0.2, -0.15) is 26.3 Å². The van der Waals surface area contributed by atoms with E-state index in [0.29, 0.717) is 31.3 Å². The van der Waals surface area contributed by atoms with E-state index in [9.17, 15) is 54.8 Å². The molecule has 2 rings (SSSR count). The highest BCUT2D eigenvalue weighted by atomic mass is 32.2. The number of nitrogens with one attached hydrogen (secondary N) is 1. The minimum atomic E-state index is -5.17. The Morgan fingerprint density at radius 2 is 1.73 bits per heavy atom. The number of benzene rings is 1. The molecular weight excluding hydrogens is 488 g/mol. The molecule has 0 radical (unpaired) electrons. The monoisotopic (exact) mass is 501 g/mol. The molecule has 0 fully saturated rings. The standard InChI is InChI=1S/C17H13F6N3O6S/c1-15(28,8-33(31,32)13-6-9(4-5-24-13)16(18,19)20)14(27)25-12-3-2-10(26(29)30)7-11(12)17(21,22)23/h2-7,28H,8H2,1H3,(H,25,27). The van der Waals surface area contributed by atoms with Gasteiger partial charge >= 0.3 is 12.4 Å². The molecule has 33 heavy (non-hydrogen) atoms. The second-order valence-corrected chi connectivity index (χ2v) is 8.79. The topological polar surface area (TPSA) is 140 Å². The summed E-state index contributed by atoms with van der Waals surface area (Å²) < 4.78 is 103. The van der Waals surface area contributed by atoms with E-state index >= 15 is 0 Å². The average Bonchev–Trinajstić information content (AvgIpc) is 2.66. The number of rotatable bonds is 6. The van der Waals surface area contributed by atoms with Crippen LogP contribution in [0, 0.1) is 10.1 Å². The van der Waals surface area contributed by atoms with E-state index in [1.54, 1.807) is 5.32 Å². The Kier molecular flexibility index (Phi) is 6.76. The second-order valence-electron chi connectivity index (χ2n) is 6.85. The number of nitrogens with zero attached hydrogens (tertiary/aromatic N) is 2. The minimum absolute atomic E-state index is 0.119. The summed E-state index contributed by atoms with van der Waals surface area (Å²) in [5, 5.41) is 21.5. The number of amides is 1. The van der Waals surface area contributed by atoms with Gasteiger partial charge in [0.2, 0.25) is 0 Å². The first-order valence-electron chi connectivity index (χ1n) is 8.50. The first-order chi connectivity index (χ1) is 14.8. The van der Waals surface area contributed by atoms with Crippen molar-refractivity contribution >= 4 is 27.1 Å². The van der Waals surface area contributed by atoms with E-state index < -0.39 is 71.9 Å². The Balaban J connectivity index is 2.35. The van der Waals surface area contributed by atoms with Crippen LogP contribution >= 0.6 is 0 Å². The van der Waals surface area contributed by atoms with Crippen LogP contribution in [0.3, 0.4) is 0 Å². The summed E-state index contributed by atoms with van der Waals surface area (Å²) in [6.45, 7) is 0.603. The third kappa shape index (κ3) is 6.16. The molecule has 1 unspecified atom stereocenters. The summed E-state index contributed by atoms with van der Waals surface area (Å²) in [5.74, 6) is -3.20. The van der Waals surface area contributed by atoms with Gasteiger partial charge in [0.25, 0.3) is 11.6 Å². The quantitative estimate of drug-likeness (QED) is 0.352. The van der Waals surface area contributed by atoms with Gasteiger partial charge in [-0.3, -0.25) is 14.9 Å². The zero-order chi connectivity index (χ0) is 25.4. The van der Waals surface area contributed by atoms with E-state index in [4.69, 9.17) is 0 Å². The fourth-order valence-corrected chi connectivity index (χ4v) is 4.06. The first kappa shape index (κ1) is 26.0. The lowest BCUT2D eigenvalue weighted by Crippen LogP contribution is -2.46. The predicted molar refractivity (Wildman–Crippen MR) is 98.6 cm³/mol. The molecule has 180 valence electrons. The summed E-state index contributed by atoms with van der Waals surface area (Å²) in [6.07, 6.45) is -9.55. The maximum Gasteiger partial charge on any atom is 0.418 e. The van der Waals surface area contributed by atoms with E-state index in [1.165, 1.54) is 0 Å². The van der Waals surface area contributed by atoms with Gasteiger partial charge in [-0.15, -0.1) is 0 Å². The third-order valence-electron chi connectivity index (χ3n) is 4.11. The summed E-state index contributed by atoms with van der Waals surface area (Å²) in [5.41, 5.74) is -7.93. The Morgan fingerprint density at radius 3 is 2.24 bits per heavy atom. The molecule has 0 aliphatic rings. The van der Waals surface area contributed by atoms with Crippen LogP contribution in [-0.4, -0.2) is 40.7 Å². The maximum absolute atomic E-state index is 13.2. The van der Waals surface area contributed by atoms with Crippen LogP contribution in [0.25, 0.3) is 0 Å². The lowest BCUT2D eigenvalue weighted by molar-refractivity contribution is -0.385. The van der Waals surface area contributed by atoms with Crippen LogP contribution < -0.4 is 5.32 Å². The predicted octanol–water partition coefficient (Wildman–Crippen LogP) is 3.19. The number of hydrogen-bond acceptors (Lipinski definition) is 7. The molecule has 2 N–H and O–H groups in total. The zero-order valence-electron chi connectivity index (χ0n) is 16.2. The van der Waals surface area contributed by atoms with E-state index in [0.717, 1.165) is 0 Å². The largest absolute Gasteiger partial charge is 0.418 e. The summed E-state index contributed by atoms with van der Waals surface area (Å²) in [7, 11) is -4.83. The Morgan fingerprint density at radius 1 is 1.12 bits per heavy atom. The fraction of sp³-hybridized carbons (Fsp3) is 0.294. The summed E-state index contributed by atoms with van der Waals surface area (Å²) in [6, 6.07) is 1.92. The number of aliphatic hydroxyl groups is 1. The molecule has 1 heterocycles. The lowest BCUT2D eigenvalue weighted by Gasteiger charge is -2.23. The third-order valence-corrected chi connectivity index (χ3v) is 5.91. The Hall–Kier alpha value is -3.27. The molecule has 2 aromatic rings. The van der Waals surface area contributed by atoms with Crippen molar-refractivity contribution in [3.63, 3.8) is 0 Å². The van der Waals surface area contributed by atoms with Gasteiger partial charge in [0.1, 0.15) is 0 Å². The number of nitro benzene ring substituents is 1. The number of carbonyl (C=O) groups excluding carboxylic acids is 1. The molecule has 1 aromatic carbocycles. The molecule has 0 spiro atoms. The van der Waals surface area contributed by atoms with Gasteiger partial charge < -0.3 is 10.4 Å². The summed E-state index contributed by atoms with van der Waals surface area (Å²) >= 11 is 0. The molecule has 0 saturated heterocycles. The smallest absolute Gasteiger partial charge is 0.379 e. The molecule has 1 amide bonds. The number of anilines is 1. The van der Waals surface area contributed by atoms with Gasteiger partial charge in [-0.05, 0) is 25.1 Å². The van der Waals surface area contributed by atoms with Crippen molar-refractivity contribution in [1.29, 1.82) is 0 Å². The number of sulfone groups is 1. The molecule has 0 aliphatic heterocycles. The van der Waals surface area contributed by atoms with Gasteiger partial charge in [0.05, 0.1) is 27.5 Å². The SMILES string of the molecule is CC(O)(CS(=O)(=O)c1cc(C(F)(F)F)ccn1)C(=O)Nc1ccc([N+](=O)[O-])cc1C(F)(F)F. The highest BCUT2D eigenvalue weighted by Crippen LogP contribution is 2.37. The Bertz CT molecular complexity index is 1190. The van der Waals surface area contributed by atoms with Gasteiger partial charge in [0, 0.05) is 18.3 Å². The molecule has 16 heteroatoms. The van der Waals surface area contributed by atoms with Crippen molar-refractivity contribution in [2.45, 2.75) is 29.9 Å². The number of aromatic nitrogens is 1. The van der Waals surface area contributed by atoms with Crippen molar-refractivity contribution in [2.24, 2.45) is 0 Å². The highest BCUT2D eigenvalue weighted by molar-refractivity contribution is 7.91. The van der Waals surface area contributed by atoms with E-state index in [-0.39, 0.29) is 12.1 Å². The molecular formula is C17H13F6N3O6S. The number of pyridine rings is 1. The van der Waals surface area contributed by atoms with Crippen LogP contribution in [0.1, 0.15) is 18.1 Å². The number of hydrogen-bond donors (Lipinski definition) is 2. The number of halogens is 6. The highest BCUT2D eigenvalue weighted by Gasteiger charge is 2.41. The minimum Gasteiger partial charge on any atom is -0.379 e. The van der Waals surface area contributed by atoms with E-state index in [2.05, 4.69) is 4.98 Å².